The molecule has 0 unspecified atom stereocenters. The van der Waals surface area contributed by atoms with Crippen LogP contribution in [0.15, 0.2) is 48.0 Å². The fourth-order valence-electron chi connectivity index (χ4n) is 2.13. The van der Waals surface area contributed by atoms with Crippen LogP contribution in [0.25, 0.3) is 0 Å². The van der Waals surface area contributed by atoms with Crippen molar-refractivity contribution >= 4 is 39.7 Å². The fraction of sp³-hybridized carbons (Fsp3) is 0.118. The van der Waals surface area contributed by atoms with E-state index >= 15 is 0 Å². The van der Waals surface area contributed by atoms with Crippen LogP contribution < -0.4 is 10.1 Å². The summed E-state index contributed by atoms with van der Waals surface area (Å²) in [5, 5.41) is 6.83. The third-order valence-corrected chi connectivity index (χ3v) is 4.64. The first kappa shape index (κ1) is 17.0. The molecule has 0 bridgehead atoms. The van der Waals surface area contributed by atoms with E-state index in [1.165, 1.54) is 17.4 Å². The Balaban J connectivity index is 1.75. The molecule has 0 amide bonds. The average Bonchev–Trinajstić information content (AvgIpc) is 3.07. The maximum absolute atomic E-state index is 13.8. The molecule has 24 heavy (non-hydrogen) atoms. The second-order valence-corrected chi connectivity index (χ2v) is 6.67. The molecule has 0 radical (unpaired) electrons. The zero-order valence-electron chi connectivity index (χ0n) is 12.4. The summed E-state index contributed by atoms with van der Waals surface area (Å²) in [6.45, 7) is 0.534. The molecule has 1 aromatic heterocycles. The standard InChI is InChI=1S/C17H13Cl2FN2OS/c18-12-4-5-16(11(8-12)9-22-17-21-6-7-24-17)23-10-13-14(19)2-1-3-15(13)20/h1-8H,9-10H2,(H,21,22). The van der Waals surface area contributed by atoms with Crippen LogP contribution in [0.4, 0.5) is 9.52 Å². The number of halogens is 3. The summed E-state index contributed by atoms with van der Waals surface area (Å²) in [5.74, 6) is 0.224. The van der Waals surface area contributed by atoms with Crippen molar-refractivity contribution in [3.8, 4) is 5.75 Å². The van der Waals surface area contributed by atoms with Gasteiger partial charge in [0.1, 0.15) is 18.2 Å². The molecule has 1 heterocycles. The highest BCUT2D eigenvalue weighted by Gasteiger charge is 2.10. The number of aromatic nitrogens is 1. The monoisotopic (exact) mass is 382 g/mol. The zero-order valence-corrected chi connectivity index (χ0v) is 14.8. The second-order valence-electron chi connectivity index (χ2n) is 4.93. The van der Waals surface area contributed by atoms with Crippen LogP contribution in [0.2, 0.25) is 10.0 Å². The minimum atomic E-state index is -0.390. The summed E-state index contributed by atoms with van der Waals surface area (Å²) < 4.78 is 19.6. The van der Waals surface area contributed by atoms with Crippen LogP contribution in [-0.2, 0) is 13.2 Å². The lowest BCUT2D eigenvalue weighted by molar-refractivity contribution is 0.297. The van der Waals surface area contributed by atoms with Gasteiger partial charge >= 0.3 is 0 Å². The van der Waals surface area contributed by atoms with Gasteiger partial charge in [0, 0.05) is 34.3 Å². The zero-order chi connectivity index (χ0) is 16.9. The highest BCUT2D eigenvalue weighted by atomic mass is 35.5. The smallest absolute Gasteiger partial charge is 0.182 e. The summed E-state index contributed by atoms with van der Waals surface area (Å²) in [6.07, 6.45) is 1.72. The van der Waals surface area contributed by atoms with Gasteiger partial charge < -0.3 is 10.1 Å². The number of hydrogen-bond acceptors (Lipinski definition) is 4. The van der Waals surface area contributed by atoms with Crippen LogP contribution in [0, 0.1) is 5.82 Å². The van der Waals surface area contributed by atoms with Crippen molar-refractivity contribution in [1.82, 2.24) is 4.98 Å². The van der Waals surface area contributed by atoms with E-state index in [4.69, 9.17) is 27.9 Å². The summed E-state index contributed by atoms with van der Waals surface area (Å²) >= 11 is 13.6. The van der Waals surface area contributed by atoms with Gasteiger partial charge in [0.25, 0.3) is 0 Å². The molecule has 0 aliphatic heterocycles. The van der Waals surface area contributed by atoms with Gasteiger partial charge in [-0.25, -0.2) is 9.37 Å². The number of hydrogen-bond donors (Lipinski definition) is 1. The van der Waals surface area contributed by atoms with E-state index in [2.05, 4.69) is 10.3 Å². The van der Waals surface area contributed by atoms with Crippen molar-refractivity contribution in [1.29, 1.82) is 0 Å². The number of nitrogens with zero attached hydrogens (tertiary/aromatic N) is 1. The lowest BCUT2D eigenvalue weighted by Gasteiger charge is -2.13. The Morgan fingerprint density at radius 3 is 2.83 bits per heavy atom. The number of nitrogens with one attached hydrogen (secondary N) is 1. The van der Waals surface area contributed by atoms with Crippen molar-refractivity contribution in [3.05, 3.63) is 75.0 Å². The van der Waals surface area contributed by atoms with Crippen LogP contribution in [0.5, 0.6) is 5.75 Å². The number of thiazole rings is 1. The van der Waals surface area contributed by atoms with Gasteiger partial charge in [-0.3, -0.25) is 0 Å². The minimum Gasteiger partial charge on any atom is -0.488 e. The predicted molar refractivity (Wildman–Crippen MR) is 96.6 cm³/mol. The molecule has 7 heteroatoms. The van der Waals surface area contributed by atoms with Crippen LogP contribution in [0.1, 0.15) is 11.1 Å². The van der Waals surface area contributed by atoms with Crippen molar-refractivity contribution in [2.24, 2.45) is 0 Å². The molecule has 0 atom stereocenters. The van der Waals surface area contributed by atoms with E-state index in [0.29, 0.717) is 27.9 Å². The summed E-state index contributed by atoms with van der Waals surface area (Å²) in [5.41, 5.74) is 1.18. The molecule has 0 aliphatic carbocycles. The Kier molecular flexibility index (Phi) is 5.56. The first-order valence-electron chi connectivity index (χ1n) is 7.11. The number of rotatable bonds is 6. The normalized spacial score (nSPS) is 10.6. The third-order valence-electron chi connectivity index (χ3n) is 3.32. The summed E-state index contributed by atoms with van der Waals surface area (Å²) in [7, 11) is 0. The van der Waals surface area contributed by atoms with Crippen LogP contribution >= 0.6 is 34.5 Å². The SMILES string of the molecule is Fc1cccc(Cl)c1COc1ccc(Cl)cc1CNc1nccs1. The van der Waals surface area contributed by atoms with Crippen molar-refractivity contribution < 1.29 is 9.13 Å². The maximum atomic E-state index is 13.8. The second kappa shape index (κ2) is 7.83. The Morgan fingerprint density at radius 2 is 2.08 bits per heavy atom. The van der Waals surface area contributed by atoms with Gasteiger partial charge in [0.05, 0.1) is 5.02 Å². The number of anilines is 1. The van der Waals surface area contributed by atoms with Gasteiger partial charge in [-0.2, -0.15) is 0 Å². The van der Waals surface area contributed by atoms with Crippen molar-refractivity contribution in [3.63, 3.8) is 0 Å². The van der Waals surface area contributed by atoms with Gasteiger partial charge in [0.2, 0.25) is 0 Å². The molecule has 3 rings (SSSR count). The van der Waals surface area contributed by atoms with Gasteiger partial charge in [-0.15, -0.1) is 11.3 Å². The van der Waals surface area contributed by atoms with E-state index < -0.39 is 0 Å². The van der Waals surface area contributed by atoms with Crippen molar-refractivity contribution in [2.45, 2.75) is 13.2 Å². The molecule has 124 valence electrons. The van der Waals surface area contributed by atoms with E-state index in [1.54, 1.807) is 36.5 Å². The first-order chi connectivity index (χ1) is 11.6. The summed E-state index contributed by atoms with van der Waals surface area (Å²) in [4.78, 5) is 4.17. The highest BCUT2D eigenvalue weighted by molar-refractivity contribution is 7.13. The average molecular weight is 383 g/mol. The number of ether oxygens (including phenoxy) is 1. The van der Waals surface area contributed by atoms with Crippen molar-refractivity contribution in [2.75, 3.05) is 5.32 Å². The Bertz CT molecular complexity index is 807. The summed E-state index contributed by atoms with van der Waals surface area (Å²) in [6, 6.07) is 9.85. The van der Waals surface area contributed by atoms with Gasteiger partial charge in [-0.05, 0) is 30.3 Å². The molecule has 0 saturated carbocycles. The molecule has 1 N–H and O–H groups in total. The van der Waals surface area contributed by atoms with E-state index in [-0.39, 0.29) is 12.4 Å². The molecule has 3 nitrogen and oxygen atoms in total. The molecular formula is C17H13Cl2FN2OS. The van der Waals surface area contributed by atoms with E-state index in [9.17, 15) is 4.39 Å². The fourth-order valence-corrected chi connectivity index (χ4v) is 3.07. The molecular weight excluding hydrogens is 370 g/mol. The highest BCUT2D eigenvalue weighted by Crippen LogP contribution is 2.27. The molecule has 0 saturated heterocycles. The van der Waals surface area contributed by atoms with Crippen LogP contribution in [0.3, 0.4) is 0 Å². The van der Waals surface area contributed by atoms with Crippen LogP contribution in [-0.4, -0.2) is 4.98 Å². The molecule has 0 spiro atoms. The Labute approximate surface area is 153 Å². The van der Waals surface area contributed by atoms with Gasteiger partial charge in [0.15, 0.2) is 5.13 Å². The quantitative estimate of drug-likeness (QED) is 0.586. The predicted octanol–water partition coefficient (Wildman–Crippen LogP) is 5.78. The molecule has 0 aliphatic rings. The van der Waals surface area contributed by atoms with E-state index in [0.717, 1.165) is 10.7 Å². The lowest BCUT2D eigenvalue weighted by Crippen LogP contribution is -2.05. The number of benzene rings is 2. The Morgan fingerprint density at radius 1 is 1.21 bits per heavy atom. The maximum Gasteiger partial charge on any atom is 0.182 e. The Hall–Kier alpha value is -1.82. The molecule has 2 aromatic carbocycles. The minimum absolute atomic E-state index is 0.0391. The van der Waals surface area contributed by atoms with Gasteiger partial charge in [-0.1, -0.05) is 29.3 Å². The first-order valence-corrected chi connectivity index (χ1v) is 8.74. The topological polar surface area (TPSA) is 34.1 Å². The third kappa shape index (κ3) is 4.17. The molecule has 3 aromatic rings. The molecule has 0 fully saturated rings. The van der Waals surface area contributed by atoms with E-state index in [1.807, 2.05) is 5.38 Å². The largest absolute Gasteiger partial charge is 0.488 e. The lowest BCUT2D eigenvalue weighted by atomic mass is 10.2.